The first-order valence-electron chi connectivity index (χ1n) is 11.2. The lowest BCUT2D eigenvalue weighted by molar-refractivity contribution is 0.0690. The van der Waals surface area contributed by atoms with Gasteiger partial charge in [0.15, 0.2) is 9.84 Å². The number of rotatable bonds is 9. The highest BCUT2D eigenvalue weighted by Gasteiger charge is 2.45. The molecule has 2 atom stereocenters. The molecular formula is C25H28FNO5S. The van der Waals surface area contributed by atoms with Gasteiger partial charge in [0.1, 0.15) is 17.1 Å². The summed E-state index contributed by atoms with van der Waals surface area (Å²) >= 11 is 0. The third kappa shape index (κ3) is 4.82. The molecule has 0 saturated heterocycles. The molecule has 0 amide bonds. The maximum atomic E-state index is 13.9. The number of benzene rings is 2. The van der Waals surface area contributed by atoms with Gasteiger partial charge >= 0.3 is 5.97 Å². The Morgan fingerprint density at radius 3 is 2.70 bits per heavy atom. The highest BCUT2D eigenvalue weighted by atomic mass is 32.2. The molecular weight excluding hydrogens is 445 g/mol. The lowest BCUT2D eigenvalue weighted by atomic mass is 9.98. The average molecular weight is 474 g/mol. The van der Waals surface area contributed by atoms with Crippen LogP contribution in [0.15, 0.2) is 41.3 Å². The van der Waals surface area contributed by atoms with Crippen LogP contribution in [0.5, 0.6) is 5.75 Å². The first kappa shape index (κ1) is 23.4. The van der Waals surface area contributed by atoms with E-state index < -0.39 is 27.4 Å². The van der Waals surface area contributed by atoms with Crippen LogP contribution in [0.4, 0.5) is 4.39 Å². The number of carbonyl (C=O) groups is 1. The summed E-state index contributed by atoms with van der Waals surface area (Å²) in [5.41, 5.74) is 1.16. The number of halogens is 1. The van der Waals surface area contributed by atoms with Gasteiger partial charge in [-0.15, -0.1) is 0 Å². The first-order chi connectivity index (χ1) is 15.7. The number of ether oxygens (including phenoxy) is 1. The summed E-state index contributed by atoms with van der Waals surface area (Å²) in [6.07, 6.45) is 4.38. The second kappa shape index (κ2) is 9.27. The van der Waals surface area contributed by atoms with Crippen LogP contribution in [0.3, 0.4) is 0 Å². The van der Waals surface area contributed by atoms with Crippen molar-refractivity contribution in [3.8, 4) is 5.75 Å². The van der Waals surface area contributed by atoms with Gasteiger partial charge < -0.3 is 14.7 Å². The molecule has 0 unspecified atom stereocenters. The molecule has 1 saturated carbocycles. The van der Waals surface area contributed by atoms with E-state index in [0.717, 1.165) is 31.1 Å². The molecule has 33 heavy (non-hydrogen) atoms. The second-order valence-corrected chi connectivity index (χ2v) is 10.5. The number of hydrogen-bond donors (Lipinski definition) is 1. The Morgan fingerprint density at radius 1 is 1.24 bits per heavy atom. The predicted molar refractivity (Wildman–Crippen MR) is 124 cm³/mol. The van der Waals surface area contributed by atoms with Gasteiger partial charge in [-0.25, -0.2) is 17.6 Å². The molecule has 2 aliphatic rings. The first-order valence-corrected chi connectivity index (χ1v) is 12.8. The molecule has 1 heterocycles. The minimum absolute atomic E-state index is 0.0306. The number of carboxylic acids is 1. The second-order valence-electron chi connectivity index (χ2n) is 8.57. The van der Waals surface area contributed by atoms with E-state index in [1.165, 1.54) is 12.1 Å². The zero-order valence-corrected chi connectivity index (χ0v) is 19.6. The number of fused-ring (bicyclic) bond motifs is 3. The number of carboxylic acid groups (broad SMARTS) is 1. The van der Waals surface area contributed by atoms with Crippen molar-refractivity contribution in [3.05, 3.63) is 64.5 Å². The molecule has 176 valence electrons. The SMILES string of the molecule is CCN(CC)CC=Cc1cc(F)ccc1S(=O)(=O)Cc1ccc2c(c1C(=O)O)OC[C@H]1C[C@@H]21. The van der Waals surface area contributed by atoms with Gasteiger partial charge in [0.25, 0.3) is 0 Å². The number of aromatic carboxylic acids is 1. The van der Waals surface area contributed by atoms with E-state index in [4.69, 9.17) is 4.74 Å². The van der Waals surface area contributed by atoms with E-state index in [2.05, 4.69) is 4.90 Å². The Kier molecular flexibility index (Phi) is 6.59. The van der Waals surface area contributed by atoms with E-state index >= 15 is 0 Å². The van der Waals surface area contributed by atoms with Gasteiger partial charge in [0.2, 0.25) is 0 Å². The largest absolute Gasteiger partial charge is 0.492 e. The quantitative estimate of drug-likeness (QED) is 0.545. The smallest absolute Gasteiger partial charge is 0.339 e. The Bertz CT molecular complexity index is 1200. The van der Waals surface area contributed by atoms with Crippen LogP contribution in [0.25, 0.3) is 6.08 Å². The van der Waals surface area contributed by atoms with Gasteiger partial charge in [-0.3, -0.25) is 0 Å². The zero-order chi connectivity index (χ0) is 23.8. The number of likely N-dealkylation sites (N-methyl/N-ethyl adjacent to an activating group) is 1. The molecule has 1 N–H and O–H groups in total. The van der Waals surface area contributed by atoms with E-state index in [0.29, 0.717) is 19.1 Å². The minimum atomic E-state index is -3.96. The Morgan fingerprint density at radius 2 is 2.00 bits per heavy atom. The Labute approximate surface area is 193 Å². The summed E-state index contributed by atoms with van der Waals surface area (Å²) in [4.78, 5) is 14.2. The molecule has 4 rings (SSSR count). The van der Waals surface area contributed by atoms with Crippen molar-refractivity contribution in [2.45, 2.75) is 36.8 Å². The zero-order valence-electron chi connectivity index (χ0n) is 18.8. The van der Waals surface area contributed by atoms with Crippen LogP contribution in [0.2, 0.25) is 0 Å². The van der Waals surface area contributed by atoms with Gasteiger partial charge in [-0.05, 0) is 60.3 Å². The molecule has 2 aromatic rings. The summed E-state index contributed by atoms with van der Waals surface area (Å²) in [5, 5.41) is 9.85. The maximum Gasteiger partial charge on any atom is 0.339 e. The lowest BCUT2D eigenvalue weighted by Gasteiger charge is -2.21. The van der Waals surface area contributed by atoms with Crippen molar-refractivity contribution in [2.75, 3.05) is 26.2 Å². The van der Waals surface area contributed by atoms with Crippen molar-refractivity contribution >= 4 is 21.9 Å². The van der Waals surface area contributed by atoms with Crippen LogP contribution in [0, 0.1) is 11.7 Å². The van der Waals surface area contributed by atoms with Gasteiger partial charge in [-0.2, -0.15) is 0 Å². The fourth-order valence-corrected chi connectivity index (χ4v) is 6.04. The van der Waals surface area contributed by atoms with Crippen LogP contribution in [-0.4, -0.2) is 50.6 Å². The molecule has 2 aromatic carbocycles. The van der Waals surface area contributed by atoms with Crippen LogP contribution in [-0.2, 0) is 15.6 Å². The summed E-state index contributed by atoms with van der Waals surface area (Å²) in [5.74, 6) is -1.27. The molecule has 1 aliphatic carbocycles. The molecule has 1 fully saturated rings. The summed E-state index contributed by atoms with van der Waals surface area (Å²) < 4.78 is 46.4. The molecule has 0 radical (unpaired) electrons. The number of sulfone groups is 1. The molecule has 0 aromatic heterocycles. The average Bonchev–Trinajstić information content (AvgIpc) is 3.56. The van der Waals surface area contributed by atoms with Crippen molar-refractivity contribution < 1.29 is 27.4 Å². The van der Waals surface area contributed by atoms with Crippen LogP contribution in [0.1, 0.15) is 53.2 Å². The van der Waals surface area contributed by atoms with Crippen LogP contribution < -0.4 is 4.74 Å². The van der Waals surface area contributed by atoms with Gasteiger partial charge in [0.05, 0.1) is 17.3 Å². The van der Waals surface area contributed by atoms with Gasteiger partial charge in [-0.1, -0.05) is 38.1 Å². The van der Waals surface area contributed by atoms with Crippen molar-refractivity contribution in [3.63, 3.8) is 0 Å². The number of nitrogens with zero attached hydrogens (tertiary/aromatic N) is 1. The Hall–Kier alpha value is -2.71. The molecule has 6 nitrogen and oxygen atoms in total. The van der Waals surface area contributed by atoms with E-state index in [-0.39, 0.29) is 33.3 Å². The minimum Gasteiger partial charge on any atom is -0.492 e. The van der Waals surface area contributed by atoms with Crippen molar-refractivity contribution in [1.29, 1.82) is 0 Å². The van der Waals surface area contributed by atoms with Crippen molar-refractivity contribution in [2.24, 2.45) is 5.92 Å². The fourth-order valence-electron chi connectivity index (χ4n) is 4.47. The molecule has 0 spiro atoms. The molecule has 8 heteroatoms. The summed E-state index contributed by atoms with van der Waals surface area (Å²) in [7, 11) is -3.96. The molecule has 0 bridgehead atoms. The van der Waals surface area contributed by atoms with E-state index in [1.807, 2.05) is 19.9 Å². The summed E-state index contributed by atoms with van der Waals surface area (Å²) in [6, 6.07) is 6.89. The standard InChI is InChI=1S/C25H28FNO5S/c1-3-27(4-2)11-5-6-16-12-19(26)8-10-22(16)33(30,31)15-17-7-9-20-21-13-18(21)14-32-24(20)23(17)25(28)29/h5-10,12,18,21H,3-4,11,13-15H2,1-2H3,(H,28,29)/t18-,21-/m1/s1. The fraction of sp³-hybridized carbons (Fsp3) is 0.400. The van der Waals surface area contributed by atoms with E-state index in [1.54, 1.807) is 18.2 Å². The molecule has 1 aliphatic heterocycles. The summed E-state index contributed by atoms with van der Waals surface area (Å²) in [6.45, 7) is 6.80. The van der Waals surface area contributed by atoms with Crippen LogP contribution >= 0.6 is 0 Å². The maximum absolute atomic E-state index is 13.9. The van der Waals surface area contributed by atoms with Crippen molar-refractivity contribution in [1.82, 2.24) is 4.90 Å². The lowest BCUT2D eigenvalue weighted by Crippen LogP contribution is -2.22. The van der Waals surface area contributed by atoms with E-state index in [9.17, 15) is 22.7 Å². The highest BCUT2D eigenvalue weighted by molar-refractivity contribution is 7.90. The highest BCUT2D eigenvalue weighted by Crippen LogP contribution is 2.55. The Balaban J connectivity index is 1.68. The monoisotopic (exact) mass is 473 g/mol. The number of hydrogen-bond acceptors (Lipinski definition) is 5. The third-order valence-electron chi connectivity index (χ3n) is 6.46. The third-order valence-corrected chi connectivity index (χ3v) is 8.19. The predicted octanol–water partition coefficient (Wildman–Crippen LogP) is 4.35. The normalized spacial score (nSPS) is 19.3. The topological polar surface area (TPSA) is 83.9 Å². The van der Waals surface area contributed by atoms with Gasteiger partial charge in [0, 0.05) is 12.5 Å².